The molecule has 108 valence electrons. The Morgan fingerprint density at radius 3 is 2.76 bits per heavy atom. The molecule has 3 nitrogen and oxygen atoms in total. The Balaban J connectivity index is 2.14. The lowest BCUT2D eigenvalue weighted by Gasteiger charge is -2.04. The Bertz CT molecular complexity index is 633. The highest BCUT2D eigenvalue weighted by Crippen LogP contribution is 2.14. The topological polar surface area (TPSA) is 39.2 Å². The number of hydrogen-bond acceptors (Lipinski definition) is 3. The van der Waals surface area contributed by atoms with Gasteiger partial charge in [0.1, 0.15) is 0 Å². The highest BCUT2D eigenvalue weighted by Gasteiger charge is 2.04. The zero-order valence-electron chi connectivity index (χ0n) is 12.4. The molecule has 0 fully saturated rings. The highest BCUT2D eigenvalue weighted by atomic mass is 16.5. The van der Waals surface area contributed by atoms with E-state index in [0.717, 1.165) is 12.0 Å². The third-order valence-corrected chi connectivity index (χ3v) is 3.06. The van der Waals surface area contributed by atoms with E-state index in [2.05, 4.69) is 23.2 Å². The van der Waals surface area contributed by atoms with Crippen LogP contribution < -0.4 is 0 Å². The van der Waals surface area contributed by atoms with Crippen LogP contribution in [-0.4, -0.2) is 17.6 Å². The molecule has 1 heterocycles. The van der Waals surface area contributed by atoms with E-state index in [9.17, 15) is 4.79 Å². The number of hydrogen-bond donors (Lipinski definition) is 0. The number of rotatable bonds is 5. The first kappa shape index (κ1) is 15.0. The van der Waals surface area contributed by atoms with Crippen LogP contribution in [0, 0.1) is 0 Å². The van der Waals surface area contributed by atoms with Crippen molar-refractivity contribution in [2.75, 3.05) is 6.61 Å². The molecule has 0 bridgehead atoms. The minimum absolute atomic E-state index is 0.268. The second kappa shape index (κ2) is 7.39. The standard InChI is InChI=1S/C18H19NO2/c1-3-21-18(20)14(2)10-15-6-4-7-16(11-15)12-17-8-5-9-19-13-17/h4-11,13H,3,12H2,1-2H3/b14-10+. The summed E-state index contributed by atoms with van der Waals surface area (Å²) in [5.41, 5.74) is 3.96. The van der Waals surface area contributed by atoms with Gasteiger partial charge in [0.15, 0.2) is 0 Å². The third kappa shape index (κ3) is 4.56. The summed E-state index contributed by atoms with van der Waals surface area (Å²) >= 11 is 0. The first-order valence-electron chi connectivity index (χ1n) is 7.02. The van der Waals surface area contributed by atoms with E-state index in [1.165, 1.54) is 11.1 Å². The number of carbonyl (C=O) groups excluding carboxylic acids is 1. The lowest BCUT2D eigenvalue weighted by atomic mass is 10.0. The highest BCUT2D eigenvalue weighted by molar-refractivity contribution is 5.93. The Kier molecular flexibility index (Phi) is 5.27. The van der Waals surface area contributed by atoms with Crippen molar-refractivity contribution in [3.63, 3.8) is 0 Å². The minimum atomic E-state index is -0.268. The Labute approximate surface area is 125 Å². The molecule has 21 heavy (non-hydrogen) atoms. The maximum Gasteiger partial charge on any atom is 0.333 e. The van der Waals surface area contributed by atoms with Gasteiger partial charge < -0.3 is 4.74 Å². The Hall–Kier alpha value is -2.42. The van der Waals surface area contributed by atoms with Gasteiger partial charge in [-0.15, -0.1) is 0 Å². The third-order valence-electron chi connectivity index (χ3n) is 3.06. The van der Waals surface area contributed by atoms with Crippen LogP contribution in [0.25, 0.3) is 6.08 Å². The molecule has 3 heteroatoms. The number of carbonyl (C=O) groups is 1. The van der Waals surface area contributed by atoms with Crippen molar-refractivity contribution in [1.82, 2.24) is 4.98 Å². The molecular weight excluding hydrogens is 262 g/mol. The van der Waals surface area contributed by atoms with Crippen LogP contribution in [0.5, 0.6) is 0 Å². The van der Waals surface area contributed by atoms with Gasteiger partial charge in [-0.2, -0.15) is 0 Å². The summed E-state index contributed by atoms with van der Waals surface area (Å²) in [6.07, 6.45) is 6.32. The van der Waals surface area contributed by atoms with E-state index >= 15 is 0 Å². The molecule has 0 aliphatic rings. The molecule has 0 saturated heterocycles. The normalized spacial score (nSPS) is 11.2. The molecule has 1 aromatic heterocycles. The van der Waals surface area contributed by atoms with Gasteiger partial charge in [-0.3, -0.25) is 4.98 Å². The lowest BCUT2D eigenvalue weighted by molar-refractivity contribution is -0.138. The van der Waals surface area contributed by atoms with Gasteiger partial charge in [0.05, 0.1) is 6.61 Å². The van der Waals surface area contributed by atoms with Gasteiger partial charge in [0.2, 0.25) is 0 Å². The summed E-state index contributed by atoms with van der Waals surface area (Å²) in [5.74, 6) is -0.268. The number of nitrogens with zero attached hydrogens (tertiary/aromatic N) is 1. The van der Waals surface area contributed by atoms with Crippen LogP contribution >= 0.6 is 0 Å². The predicted octanol–water partition coefficient (Wildman–Crippen LogP) is 3.64. The van der Waals surface area contributed by atoms with E-state index in [-0.39, 0.29) is 5.97 Å². The summed E-state index contributed by atoms with van der Waals surface area (Å²) in [6.45, 7) is 3.97. The van der Waals surface area contributed by atoms with Crippen molar-refractivity contribution in [2.24, 2.45) is 0 Å². The number of esters is 1. The Morgan fingerprint density at radius 2 is 2.05 bits per heavy atom. The summed E-state index contributed by atoms with van der Waals surface area (Å²) in [7, 11) is 0. The number of ether oxygens (including phenoxy) is 1. The molecule has 0 unspecified atom stereocenters. The maximum atomic E-state index is 11.6. The van der Waals surface area contributed by atoms with Gasteiger partial charge in [0, 0.05) is 18.0 Å². The Morgan fingerprint density at radius 1 is 1.24 bits per heavy atom. The van der Waals surface area contributed by atoms with Crippen molar-refractivity contribution >= 4 is 12.0 Å². The minimum Gasteiger partial charge on any atom is -0.463 e. The van der Waals surface area contributed by atoms with Crippen molar-refractivity contribution in [2.45, 2.75) is 20.3 Å². The lowest BCUT2D eigenvalue weighted by Crippen LogP contribution is -2.04. The first-order chi connectivity index (χ1) is 10.2. The van der Waals surface area contributed by atoms with Gasteiger partial charge >= 0.3 is 5.97 Å². The van der Waals surface area contributed by atoms with Gasteiger partial charge in [-0.25, -0.2) is 4.79 Å². The predicted molar refractivity (Wildman–Crippen MR) is 83.8 cm³/mol. The van der Waals surface area contributed by atoms with Crippen molar-refractivity contribution in [3.8, 4) is 0 Å². The van der Waals surface area contributed by atoms with E-state index in [1.54, 1.807) is 20.0 Å². The van der Waals surface area contributed by atoms with Gasteiger partial charge in [-0.05, 0) is 49.1 Å². The second-order valence-corrected chi connectivity index (χ2v) is 4.83. The molecular formula is C18H19NO2. The fourth-order valence-electron chi connectivity index (χ4n) is 2.09. The molecule has 0 N–H and O–H groups in total. The largest absolute Gasteiger partial charge is 0.463 e. The zero-order valence-corrected chi connectivity index (χ0v) is 12.4. The fraction of sp³-hybridized carbons (Fsp3) is 0.222. The van der Waals surface area contributed by atoms with Crippen LogP contribution in [0.1, 0.15) is 30.5 Å². The average Bonchev–Trinajstić information content (AvgIpc) is 2.49. The summed E-state index contributed by atoms with van der Waals surface area (Å²) in [5, 5.41) is 0. The molecule has 0 amide bonds. The number of benzene rings is 1. The maximum absolute atomic E-state index is 11.6. The SMILES string of the molecule is CCOC(=O)/C(C)=C/c1cccc(Cc2cccnc2)c1. The van der Waals surface area contributed by atoms with Gasteiger partial charge in [-0.1, -0.05) is 30.3 Å². The molecule has 0 aliphatic heterocycles. The second-order valence-electron chi connectivity index (χ2n) is 4.83. The number of aromatic nitrogens is 1. The first-order valence-corrected chi connectivity index (χ1v) is 7.02. The molecule has 0 radical (unpaired) electrons. The zero-order chi connectivity index (χ0) is 15.1. The monoisotopic (exact) mass is 281 g/mol. The summed E-state index contributed by atoms with van der Waals surface area (Å²) in [6, 6.07) is 12.1. The summed E-state index contributed by atoms with van der Waals surface area (Å²) in [4.78, 5) is 15.7. The fourth-order valence-corrected chi connectivity index (χ4v) is 2.09. The summed E-state index contributed by atoms with van der Waals surface area (Å²) < 4.78 is 4.99. The van der Waals surface area contributed by atoms with Crippen LogP contribution in [0.2, 0.25) is 0 Å². The van der Waals surface area contributed by atoms with E-state index in [4.69, 9.17) is 4.74 Å². The van der Waals surface area contributed by atoms with Crippen LogP contribution in [0.15, 0.2) is 54.4 Å². The molecule has 0 aliphatic carbocycles. The van der Waals surface area contributed by atoms with Crippen molar-refractivity contribution in [3.05, 3.63) is 71.1 Å². The molecule has 0 atom stereocenters. The molecule has 1 aromatic carbocycles. The van der Waals surface area contributed by atoms with Crippen LogP contribution in [-0.2, 0) is 16.0 Å². The molecule has 0 saturated carbocycles. The van der Waals surface area contributed by atoms with Crippen molar-refractivity contribution in [1.29, 1.82) is 0 Å². The van der Waals surface area contributed by atoms with Crippen molar-refractivity contribution < 1.29 is 9.53 Å². The van der Waals surface area contributed by atoms with Crippen LogP contribution in [0.3, 0.4) is 0 Å². The quantitative estimate of drug-likeness (QED) is 0.620. The average molecular weight is 281 g/mol. The smallest absolute Gasteiger partial charge is 0.333 e. The van der Waals surface area contributed by atoms with E-state index in [0.29, 0.717) is 12.2 Å². The molecule has 2 aromatic rings. The molecule has 0 spiro atoms. The van der Waals surface area contributed by atoms with E-state index in [1.807, 2.05) is 30.5 Å². The van der Waals surface area contributed by atoms with Crippen LogP contribution in [0.4, 0.5) is 0 Å². The van der Waals surface area contributed by atoms with Gasteiger partial charge in [0.25, 0.3) is 0 Å². The molecule has 2 rings (SSSR count). The number of pyridine rings is 1. The van der Waals surface area contributed by atoms with E-state index < -0.39 is 0 Å².